The topological polar surface area (TPSA) is 112 Å². The Hall–Kier alpha value is -2.38. The van der Waals surface area contributed by atoms with Crippen LogP contribution in [0.3, 0.4) is 0 Å². The molecular weight excluding hydrogens is 340 g/mol. The van der Waals surface area contributed by atoms with E-state index in [-0.39, 0.29) is 17.2 Å². The third-order valence-electron chi connectivity index (χ3n) is 6.05. The van der Waals surface area contributed by atoms with Gasteiger partial charge in [-0.2, -0.15) is 0 Å². The normalized spacial score (nSPS) is 32.9. The molecule has 140 valence electrons. The van der Waals surface area contributed by atoms with Gasteiger partial charge in [0.25, 0.3) is 5.91 Å². The Kier molecular flexibility index (Phi) is 4.00. The van der Waals surface area contributed by atoms with Gasteiger partial charge in [0, 0.05) is 5.54 Å². The molecule has 4 aliphatic rings. The second-order valence-corrected chi connectivity index (χ2v) is 8.13. The minimum absolute atomic E-state index is 0.157. The van der Waals surface area contributed by atoms with Gasteiger partial charge >= 0.3 is 11.9 Å². The molecule has 0 aliphatic heterocycles. The number of nitrogens with one attached hydrogen (secondary N) is 1. The second-order valence-electron chi connectivity index (χ2n) is 8.13. The summed E-state index contributed by atoms with van der Waals surface area (Å²) in [4.78, 5) is 34.5. The Morgan fingerprint density at radius 1 is 1.23 bits per heavy atom. The predicted molar refractivity (Wildman–Crippen MR) is 89.3 cm³/mol. The molecule has 4 aliphatic carbocycles. The third-order valence-corrected chi connectivity index (χ3v) is 6.05. The summed E-state index contributed by atoms with van der Waals surface area (Å²) in [6.45, 7) is 1.51. The van der Waals surface area contributed by atoms with Crippen molar-refractivity contribution in [2.45, 2.75) is 57.1 Å². The number of rotatable bonds is 5. The van der Waals surface area contributed by atoms with Crippen LogP contribution in [0, 0.1) is 27.9 Å². The summed E-state index contributed by atoms with van der Waals surface area (Å²) in [6, 6.07) is 2.25. The number of nitrogens with zero attached hydrogens (tertiary/aromatic N) is 1. The maximum atomic E-state index is 12.6. The van der Waals surface area contributed by atoms with Gasteiger partial charge in [0.05, 0.1) is 6.07 Å². The first-order chi connectivity index (χ1) is 12.3. The lowest BCUT2D eigenvalue weighted by molar-refractivity contribution is -0.402. The van der Waals surface area contributed by atoms with E-state index in [1.807, 2.05) is 0 Å². The summed E-state index contributed by atoms with van der Waals surface area (Å²) in [5.41, 5.74) is -0.157. The van der Waals surface area contributed by atoms with Crippen LogP contribution >= 0.6 is 0 Å². The predicted octanol–water partition coefficient (Wildman–Crippen LogP) is 2.82. The molecule has 0 saturated heterocycles. The largest absolute Gasteiger partial charge is 0.447 e. The Labute approximate surface area is 150 Å². The van der Waals surface area contributed by atoms with Crippen LogP contribution in [-0.2, 0) is 9.53 Å². The summed E-state index contributed by atoms with van der Waals surface area (Å²) >= 11 is 0. The minimum Gasteiger partial charge on any atom is -0.447 e. The molecule has 0 aromatic carbocycles. The van der Waals surface area contributed by atoms with Crippen molar-refractivity contribution in [3.05, 3.63) is 28.0 Å². The molecule has 4 saturated carbocycles. The van der Waals surface area contributed by atoms with Crippen molar-refractivity contribution < 1.29 is 23.7 Å². The van der Waals surface area contributed by atoms with Crippen LogP contribution in [0.4, 0.5) is 5.88 Å². The zero-order chi connectivity index (χ0) is 18.5. The maximum absolute atomic E-state index is 12.6. The van der Waals surface area contributed by atoms with E-state index >= 15 is 0 Å². The number of carbonyl (C=O) groups excluding carboxylic acids is 2. The number of esters is 1. The van der Waals surface area contributed by atoms with Gasteiger partial charge in [0.1, 0.15) is 4.92 Å². The molecule has 1 aromatic heterocycles. The molecule has 1 amide bonds. The molecule has 26 heavy (non-hydrogen) atoms. The number of nitro groups is 1. The van der Waals surface area contributed by atoms with Gasteiger partial charge in [0.15, 0.2) is 6.10 Å². The van der Waals surface area contributed by atoms with Crippen molar-refractivity contribution in [2.75, 3.05) is 0 Å². The fraction of sp³-hybridized carbons (Fsp3) is 0.667. The molecule has 1 N–H and O–H groups in total. The van der Waals surface area contributed by atoms with Crippen molar-refractivity contribution >= 4 is 17.8 Å². The Bertz CT molecular complexity index is 719. The number of furan rings is 1. The highest BCUT2D eigenvalue weighted by molar-refractivity contribution is 5.90. The fourth-order valence-electron chi connectivity index (χ4n) is 5.43. The number of ether oxygens (including phenoxy) is 1. The molecule has 5 rings (SSSR count). The van der Waals surface area contributed by atoms with Crippen LogP contribution in [0.15, 0.2) is 16.5 Å². The summed E-state index contributed by atoms with van der Waals surface area (Å²) in [7, 11) is 0. The van der Waals surface area contributed by atoms with Gasteiger partial charge in [0.2, 0.25) is 5.76 Å². The Morgan fingerprint density at radius 3 is 2.31 bits per heavy atom. The van der Waals surface area contributed by atoms with Gasteiger partial charge in [-0.1, -0.05) is 0 Å². The van der Waals surface area contributed by atoms with Gasteiger partial charge in [-0.05, 0) is 69.3 Å². The van der Waals surface area contributed by atoms with Crippen LogP contribution in [0.25, 0.3) is 0 Å². The average Bonchev–Trinajstić information content (AvgIpc) is 3.03. The maximum Gasteiger partial charge on any atom is 0.433 e. The van der Waals surface area contributed by atoms with Gasteiger partial charge in [-0.25, -0.2) is 4.79 Å². The van der Waals surface area contributed by atoms with E-state index < -0.39 is 22.9 Å². The second kappa shape index (κ2) is 6.10. The highest BCUT2D eigenvalue weighted by Crippen LogP contribution is 2.55. The van der Waals surface area contributed by atoms with Crippen molar-refractivity contribution in [1.82, 2.24) is 5.32 Å². The molecule has 1 heterocycles. The first-order valence-electron chi connectivity index (χ1n) is 9.11. The van der Waals surface area contributed by atoms with Gasteiger partial charge < -0.3 is 14.5 Å². The number of hydrogen-bond acceptors (Lipinski definition) is 6. The van der Waals surface area contributed by atoms with E-state index in [2.05, 4.69) is 5.32 Å². The Morgan fingerprint density at radius 2 is 1.81 bits per heavy atom. The van der Waals surface area contributed by atoms with Gasteiger partial charge in [-0.3, -0.25) is 14.9 Å². The van der Waals surface area contributed by atoms with E-state index in [1.54, 1.807) is 0 Å². The van der Waals surface area contributed by atoms with Crippen LogP contribution < -0.4 is 5.32 Å². The monoisotopic (exact) mass is 362 g/mol. The minimum atomic E-state index is -0.986. The first kappa shape index (κ1) is 17.1. The summed E-state index contributed by atoms with van der Waals surface area (Å²) < 4.78 is 9.95. The molecule has 8 nitrogen and oxygen atoms in total. The fourth-order valence-corrected chi connectivity index (χ4v) is 5.43. The third kappa shape index (κ3) is 3.08. The van der Waals surface area contributed by atoms with Gasteiger partial charge in [-0.15, -0.1) is 0 Å². The number of carbonyl (C=O) groups is 2. The van der Waals surface area contributed by atoms with E-state index in [1.165, 1.54) is 32.3 Å². The van der Waals surface area contributed by atoms with E-state index in [4.69, 9.17) is 9.15 Å². The zero-order valence-corrected chi connectivity index (χ0v) is 14.6. The van der Waals surface area contributed by atoms with E-state index in [0.717, 1.165) is 25.3 Å². The number of amides is 1. The molecule has 4 bridgehead atoms. The highest BCUT2D eigenvalue weighted by atomic mass is 16.7. The highest BCUT2D eigenvalue weighted by Gasteiger charge is 2.51. The van der Waals surface area contributed by atoms with E-state index in [9.17, 15) is 19.7 Å². The lowest BCUT2D eigenvalue weighted by Crippen LogP contribution is -2.61. The molecule has 0 unspecified atom stereocenters. The van der Waals surface area contributed by atoms with Crippen molar-refractivity contribution in [3.8, 4) is 0 Å². The Balaban J connectivity index is 1.37. The molecular formula is C18H22N2O6. The van der Waals surface area contributed by atoms with Crippen LogP contribution in [0.1, 0.15) is 56.0 Å². The average molecular weight is 362 g/mol. The molecule has 1 aromatic rings. The van der Waals surface area contributed by atoms with Crippen molar-refractivity contribution in [1.29, 1.82) is 0 Å². The smallest absolute Gasteiger partial charge is 0.433 e. The molecule has 0 radical (unpaired) electrons. The van der Waals surface area contributed by atoms with E-state index in [0.29, 0.717) is 17.8 Å². The molecule has 4 fully saturated rings. The summed E-state index contributed by atoms with van der Waals surface area (Å²) in [5, 5.41) is 13.8. The first-order valence-corrected chi connectivity index (χ1v) is 9.11. The van der Waals surface area contributed by atoms with Crippen molar-refractivity contribution in [3.63, 3.8) is 0 Å². The zero-order valence-electron chi connectivity index (χ0n) is 14.6. The molecule has 1 atom stereocenters. The van der Waals surface area contributed by atoms with Crippen LogP contribution in [0.2, 0.25) is 0 Å². The van der Waals surface area contributed by atoms with Crippen LogP contribution in [0.5, 0.6) is 0 Å². The van der Waals surface area contributed by atoms with Crippen molar-refractivity contribution in [2.24, 2.45) is 17.8 Å². The number of hydrogen-bond donors (Lipinski definition) is 1. The summed E-state index contributed by atoms with van der Waals surface area (Å²) in [6.07, 6.45) is 5.87. The SMILES string of the molecule is C[C@H](OC(=O)c1ccc([N+](=O)[O-])o1)C(=O)NC12CC3CC(CC(C3)C1)C2. The quantitative estimate of drug-likeness (QED) is 0.490. The molecule has 0 spiro atoms. The van der Waals surface area contributed by atoms with Crippen LogP contribution in [-0.4, -0.2) is 28.4 Å². The lowest BCUT2D eigenvalue weighted by Gasteiger charge is -2.57. The standard InChI is InChI=1S/C18H22N2O6/c1-10(25-17(22)14-2-3-15(26-14)20(23)24)16(21)19-18-7-11-4-12(8-18)6-13(5-11)9-18/h2-3,10-13H,4-9H2,1H3,(H,19,21)/t10-,11?,12?,13?,18?/m0/s1. The lowest BCUT2D eigenvalue weighted by atomic mass is 9.53. The molecule has 8 heteroatoms. The summed E-state index contributed by atoms with van der Waals surface area (Å²) in [5.74, 6) is 0.0654.